The molecule has 24 heavy (non-hydrogen) atoms. The summed E-state index contributed by atoms with van der Waals surface area (Å²) in [6.45, 7) is 1.54. The largest absolute Gasteiger partial charge is 0.387 e. The summed E-state index contributed by atoms with van der Waals surface area (Å²) >= 11 is 1.72. The molecule has 0 aliphatic carbocycles. The van der Waals surface area contributed by atoms with Crippen LogP contribution in [0.5, 0.6) is 0 Å². The van der Waals surface area contributed by atoms with E-state index in [-0.39, 0.29) is 17.7 Å². The molecule has 0 radical (unpaired) electrons. The number of nitrogens with zero attached hydrogens (tertiary/aromatic N) is 1. The monoisotopic (exact) mass is 348 g/mol. The molecule has 2 aliphatic heterocycles. The van der Waals surface area contributed by atoms with Gasteiger partial charge in [0.05, 0.1) is 5.60 Å². The Balaban J connectivity index is 1.46. The maximum Gasteiger partial charge on any atom is 0.253 e. The summed E-state index contributed by atoms with van der Waals surface area (Å²) in [5.74, 6) is 1.62. The predicted octanol–water partition coefficient (Wildman–Crippen LogP) is 1.52. The molecule has 1 atom stereocenters. The van der Waals surface area contributed by atoms with Crippen molar-refractivity contribution in [1.82, 2.24) is 10.2 Å². The van der Waals surface area contributed by atoms with Gasteiger partial charge in [-0.1, -0.05) is 18.2 Å². The van der Waals surface area contributed by atoms with Gasteiger partial charge in [-0.05, 0) is 37.1 Å². The van der Waals surface area contributed by atoms with Gasteiger partial charge in [-0.2, -0.15) is 11.8 Å². The van der Waals surface area contributed by atoms with Gasteiger partial charge in [-0.25, -0.2) is 0 Å². The molecule has 2 fully saturated rings. The number of likely N-dealkylation sites (tertiary alicyclic amines) is 1. The van der Waals surface area contributed by atoms with Crippen LogP contribution in [0, 0.1) is 5.92 Å². The fraction of sp³-hybridized carbons (Fsp3) is 0.556. The number of hydrogen-bond donors (Lipinski definition) is 2. The summed E-state index contributed by atoms with van der Waals surface area (Å²) in [6, 6.07) is 9.26. The lowest BCUT2D eigenvalue weighted by Gasteiger charge is -2.32. The van der Waals surface area contributed by atoms with Crippen LogP contribution < -0.4 is 5.32 Å². The summed E-state index contributed by atoms with van der Waals surface area (Å²) in [5.41, 5.74) is -0.0500. The number of carbonyl (C=O) groups excluding carboxylic acids is 2. The van der Waals surface area contributed by atoms with E-state index in [0.717, 1.165) is 12.2 Å². The van der Waals surface area contributed by atoms with Crippen LogP contribution in [0.2, 0.25) is 0 Å². The molecule has 2 aliphatic rings. The van der Waals surface area contributed by atoms with Crippen LogP contribution in [0.1, 0.15) is 29.6 Å². The number of thioether (sulfide) groups is 1. The molecule has 6 heteroatoms. The van der Waals surface area contributed by atoms with Gasteiger partial charge in [0.1, 0.15) is 0 Å². The van der Waals surface area contributed by atoms with Gasteiger partial charge in [0.25, 0.3) is 5.91 Å². The van der Waals surface area contributed by atoms with Gasteiger partial charge in [-0.15, -0.1) is 0 Å². The number of carbonyl (C=O) groups is 2. The van der Waals surface area contributed by atoms with E-state index in [2.05, 4.69) is 5.32 Å². The van der Waals surface area contributed by atoms with Gasteiger partial charge >= 0.3 is 0 Å². The number of hydrogen-bond acceptors (Lipinski definition) is 4. The highest BCUT2D eigenvalue weighted by Gasteiger charge is 2.33. The summed E-state index contributed by atoms with van der Waals surface area (Å²) in [4.78, 5) is 26.5. The topological polar surface area (TPSA) is 69.6 Å². The molecule has 2 amide bonds. The average molecular weight is 348 g/mol. The van der Waals surface area contributed by atoms with Gasteiger partial charge in [0, 0.05) is 36.9 Å². The van der Waals surface area contributed by atoms with Crippen LogP contribution in [0.3, 0.4) is 0 Å². The normalized spacial score (nSPS) is 24.8. The smallest absolute Gasteiger partial charge is 0.253 e. The zero-order valence-corrected chi connectivity index (χ0v) is 14.6. The summed E-state index contributed by atoms with van der Waals surface area (Å²) in [6.07, 6.45) is 2.09. The van der Waals surface area contributed by atoms with E-state index in [9.17, 15) is 14.7 Å². The first kappa shape index (κ1) is 17.3. The first-order chi connectivity index (χ1) is 11.6. The maximum atomic E-state index is 12.4. The van der Waals surface area contributed by atoms with Crippen LogP contribution in [0.25, 0.3) is 0 Å². The van der Waals surface area contributed by atoms with E-state index in [0.29, 0.717) is 43.8 Å². The molecule has 130 valence electrons. The Morgan fingerprint density at radius 2 is 1.96 bits per heavy atom. The lowest BCUT2D eigenvalue weighted by Crippen LogP contribution is -2.47. The van der Waals surface area contributed by atoms with E-state index in [1.165, 1.54) is 0 Å². The molecule has 1 aromatic rings. The second-order valence-corrected chi connectivity index (χ2v) is 7.78. The molecule has 5 nitrogen and oxygen atoms in total. The summed E-state index contributed by atoms with van der Waals surface area (Å²) in [5, 5.41) is 13.2. The Morgan fingerprint density at radius 1 is 1.25 bits per heavy atom. The second kappa shape index (κ2) is 7.57. The third kappa shape index (κ3) is 4.11. The molecular formula is C18H24N2O3S. The first-order valence-electron chi connectivity index (χ1n) is 8.50. The highest BCUT2D eigenvalue weighted by molar-refractivity contribution is 7.99. The van der Waals surface area contributed by atoms with Gasteiger partial charge < -0.3 is 15.3 Å². The standard InChI is InChI=1S/C18H24N2O3S/c21-16(19-12-18(23)8-11-24-13-18)14-6-9-20(10-7-14)17(22)15-4-2-1-3-5-15/h1-5,14,23H,6-13H2,(H,19,21)/t18-/m1/s1. The van der Waals surface area contributed by atoms with Crippen LogP contribution in [-0.4, -0.2) is 58.6 Å². The minimum Gasteiger partial charge on any atom is -0.387 e. The Hall–Kier alpha value is -1.53. The lowest BCUT2D eigenvalue weighted by atomic mass is 9.94. The first-order valence-corrected chi connectivity index (χ1v) is 9.65. The van der Waals surface area contributed by atoms with E-state index in [4.69, 9.17) is 0 Å². The van der Waals surface area contributed by atoms with Crippen molar-refractivity contribution in [3.8, 4) is 0 Å². The fourth-order valence-corrected chi connectivity index (χ4v) is 4.53. The molecule has 0 unspecified atom stereocenters. The quantitative estimate of drug-likeness (QED) is 0.866. The summed E-state index contributed by atoms with van der Waals surface area (Å²) in [7, 11) is 0. The number of piperidine rings is 1. The SMILES string of the molecule is O=C(NC[C@]1(O)CCSC1)C1CCN(C(=O)c2ccccc2)CC1. The number of rotatable bonds is 4. The fourth-order valence-electron chi connectivity index (χ4n) is 3.24. The van der Waals surface area contributed by atoms with Gasteiger partial charge in [-0.3, -0.25) is 9.59 Å². The van der Waals surface area contributed by atoms with Crippen LogP contribution in [0.4, 0.5) is 0 Å². The van der Waals surface area contributed by atoms with Crippen LogP contribution >= 0.6 is 11.8 Å². The van der Waals surface area contributed by atoms with Crippen molar-refractivity contribution in [3.63, 3.8) is 0 Å². The number of amides is 2. The van der Waals surface area contributed by atoms with Crippen molar-refractivity contribution in [1.29, 1.82) is 0 Å². The Morgan fingerprint density at radius 3 is 2.58 bits per heavy atom. The van der Waals surface area contributed by atoms with Crippen molar-refractivity contribution in [3.05, 3.63) is 35.9 Å². The average Bonchev–Trinajstić information content (AvgIpc) is 3.07. The van der Waals surface area contributed by atoms with E-state index < -0.39 is 5.60 Å². The third-order valence-corrected chi connectivity index (χ3v) is 6.08. The van der Waals surface area contributed by atoms with Crippen molar-refractivity contribution < 1.29 is 14.7 Å². The minimum absolute atomic E-state index is 0.00661. The van der Waals surface area contributed by atoms with E-state index >= 15 is 0 Å². The Labute approximate surface area is 146 Å². The molecule has 0 aromatic heterocycles. The van der Waals surface area contributed by atoms with Crippen LogP contribution in [0.15, 0.2) is 30.3 Å². The Bertz CT molecular complexity index is 579. The predicted molar refractivity (Wildman–Crippen MR) is 95.0 cm³/mol. The van der Waals surface area contributed by atoms with Crippen molar-refractivity contribution in [2.45, 2.75) is 24.9 Å². The molecular weight excluding hydrogens is 324 g/mol. The number of nitrogens with one attached hydrogen (secondary N) is 1. The molecule has 2 N–H and O–H groups in total. The zero-order valence-electron chi connectivity index (χ0n) is 13.7. The lowest BCUT2D eigenvalue weighted by molar-refractivity contribution is -0.127. The number of aliphatic hydroxyl groups is 1. The summed E-state index contributed by atoms with van der Waals surface area (Å²) < 4.78 is 0. The van der Waals surface area contributed by atoms with E-state index in [1.807, 2.05) is 35.2 Å². The van der Waals surface area contributed by atoms with Crippen molar-refractivity contribution >= 4 is 23.6 Å². The minimum atomic E-state index is -0.746. The molecule has 1 aromatic carbocycles. The van der Waals surface area contributed by atoms with Gasteiger partial charge in [0.2, 0.25) is 5.91 Å². The van der Waals surface area contributed by atoms with Crippen molar-refractivity contribution in [2.75, 3.05) is 31.1 Å². The molecule has 2 saturated heterocycles. The third-order valence-electron chi connectivity index (χ3n) is 4.85. The van der Waals surface area contributed by atoms with E-state index in [1.54, 1.807) is 11.8 Å². The highest BCUT2D eigenvalue weighted by Crippen LogP contribution is 2.27. The number of benzene rings is 1. The molecule has 3 rings (SSSR count). The molecule has 0 bridgehead atoms. The van der Waals surface area contributed by atoms with Gasteiger partial charge in [0.15, 0.2) is 0 Å². The van der Waals surface area contributed by atoms with Crippen LogP contribution in [-0.2, 0) is 4.79 Å². The highest BCUT2D eigenvalue weighted by atomic mass is 32.2. The zero-order chi connectivity index (χ0) is 17.0. The molecule has 0 spiro atoms. The van der Waals surface area contributed by atoms with Crippen molar-refractivity contribution in [2.24, 2.45) is 5.92 Å². The second-order valence-electron chi connectivity index (χ2n) is 6.68. The molecule has 2 heterocycles. The molecule has 0 saturated carbocycles. The maximum absolute atomic E-state index is 12.4. The Kier molecular flexibility index (Phi) is 5.46.